The molecule has 0 saturated carbocycles. The van der Waals surface area contributed by atoms with Crippen LogP contribution in [0.15, 0.2) is 42.5 Å². The van der Waals surface area contributed by atoms with Gasteiger partial charge in [0.05, 0.1) is 7.11 Å². The second-order valence-corrected chi connectivity index (χ2v) is 6.71. The summed E-state index contributed by atoms with van der Waals surface area (Å²) in [7, 11) is 1.56. The van der Waals surface area contributed by atoms with E-state index in [0.29, 0.717) is 27.1 Å². The fourth-order valence-corrected chi connectivity index (χ4v) is 2.74. The maximum atomic E-state index is 11.7. The summed E-state index contributed by atoms with van der Waals surface area (Å²) < 4.78 is 11.2. The number of nitrogens with one attached hydrogen (secondary N) is 1. The van der Waals surface area contributed by atoms with E-state index in [9.17, 15) is 4.79 Å². The molecule has 0 aromatic heterocycles. The van der Waals surface area contributed by atoms with Crippen LogP contribution in [0.5, 0.6) is 11.5 Å². The zero-order chi connectivity index (χ0) is 19.1. The monoisotopic (exact) mass is 393 g/mol. The highest BCUT2D eigenvalue weighted by molar-refractivity contribution is 6.35. The van der Waals surface area contributed by atoms with Crippen molar-refractivity contribution in [3.05, 3.63) is 63.6 Å². The number of carbonyl (C=O) groups excluding carboxylic acids is 1. The van der Waals surface area contributed by atoms with E-state index in [1.54, 1.807) is 43.5 Å². The van der Waals surface area contributed by atoms with Crippen molar-refractivity contribution in [1.29, 1.82) is 0 Å². The van der Waals surface area contributed by atoms with Crippen LogP contribution < -0.4 is 14.8 Å². The summed E-state index contributed by atoms with van der Waals surface area (Å²) >= 11 is 12.3. The van der Waals surface area contributed by atoms with Gasteiger partial charge in [-0.3, -0.25) is 4.79 Å². The number of hydrogen-bond donors (Lipinski definition) is 1. The number of benzene rings is 2. The molecule has 0 aliphatic heterocycles. The van der Waals surface area contributed by atoms with Gasteiger partial charge in [0.1, 0.15) is 6.61 Å². The lowest BCUT2D eigenvalue weighted by Gasteiger charge is -2.13. The molecule has 0 spiro atoms. The minimum Gasteiger partial charge on any atom is -0.493 e. The fraction of sp³-hybridized carbons (Fsp3) is 0.250. The van der Waals surface area contributed by atoms with Crippen molar-refractivity contribution in [2.75, 3.05) is 7.11 Å². The lowest BCUT2D eigenvalue weighted by molar-refractivity contribution is -0.116. The van der Waals surface area contributed by atoms with Crippen LogP contribution in [0.2, 0.25) is 10.0 Å². The van der Waals surface area contributed by atoms with Crippen LogP contribution in [0.3, 0.4) is 0 Å². The van der Waals surface area contributed by atoms with Gasteiger partial charge in [0, 0.05) is 27.7 Å². The maximum absolute atomic E-state index is 11.7. The predicted octanol–water partition coefficient (Wildman–Crippen LogP) is 5.12. The van der Waals surface area contributed by atoms with E-state index in [2.05, 4.69) is 5.32 Å². The van der Waals surface area contributed by atoms with Gasteiger partial charge in [-0.2, -0.15) is 0 Å². The molecule has 1 N–H and O–H groups in total. The lowest BCUT2D eigenvalue weighted by Crippen LogP contribution is -2.28. The first-order valence-corrected chi connectivity index (χ1v) is 8.88. The average Bonchev–Trinajstić information content (AvgIpc) is 2.59. The van der Waals surface area contributed by atoms with Crippen molar-refractivity contribution in [3.8, 4) is 11.5 Å². The molecule has 138 valence electrons. The van der Waals surface area contributed by atoms with E-state index in [-0.39, 0.29) is 18.6 Å². The van der Waals surface area contributed by atoms with Gasteiger partial charge in [-0.25, -0.2) is 0 Å². The summed E-state index contributed by atoms with van der Waals surface area (Å²) in [5.74, 6) is 0.972. The highest BCUT2D eigenvalue weighted by atomic mass is 35.5. The topological polar surface area (TPSA) is 47.6 Å². The summed E-state index contributed by atoms with van der Waals surface area (Å²) in [5.41, 5.74) is 1.54. The summed E-state index contributed by atoms with van der Waals surface area (Å²) in [6, 6.07) is 10.8. The number of carbonyl (C=O) groups is 1. The second kappa shape index (κ2) is 9.51. The van der Waals surface area contributed by atoms with Gasteiger partial charge in [-0.1, -0.05) is 35.3 Å². The minimum absolute atomic E-state index is 0.0918. The standard InChI is InChI=1S/C20H21Cl2NO3/c1-13(2)23-20(24)10-8-14-7-9-18(19(11-14)25-3)26-12-15-16(21)5-4-6-17(15)22/h4-11,13H,12H2,1-3H3,(H,23,24)/b10-8+. The van der Waals surface area contributed by atoms with E-state index in [0.717, 1.165) is 5.56 Å². The third-order valence-corrected chi connectivity index (χ3v) is 4.19. The molecule has 0 saturated heterocycles. The molecule has 0 heterocycles. The Morgan fingerprint density at radius 1 is 1.15 bits per heavy atom. The molecule has 0 bridgehead atoms. The predicted molar refractivity (Wildman–Crippen MR) is 106 cm³/mol. The Kier molecular flexibility index (Phi) is 7.37. The summed E-state index contributed by atoms with van der Waals surface area (Å²) in [6.45, 7) is 4.04. The Hall–Kier alpha value is -2.17. The van der Waals surface area contributed by atoms with Crippen LogP contribution in [0.4, 0.5) is 0 Å². The Balaban J connectivity index is 2.11. The number of hydrogen-bond acceptors (Lipinski definition) is 3. The summed E-state index contributed by atoms with van der Waals surface area (Å²) in [5, 5.41) is 3.89. The average molecular weight is 394 g/mol. The van der Waals surface area contributed by atoms with E-state index < -0.39 is 0 Å². The van der Waals surface area contributed by atoms with Gasteiger partial charge in [0.15, 0.2) is 11.5 Å². The molecule has 0 fully saturated rings. The molecule has 0 aliphatic rings. The molecule has 0 radical (unpaired) electrons. The normalized spacial score (nSPS) is 11.0. The molecular weight excluding hydrogens is 373 g/mol. The summed E-state index contributed by atoms with van der Waals surface area (Å²) in [4.78, 5) is 11.7. The first kappa shape index (κ1) is 20.1. The molecular formula is C20H21Cl2NO3. The Morgan fingerprint density at radius 2 is 1.85 bits per heavy atom. The van der Waals surface area contributed by atoms with Crippen molar-refractivity contribution in [3.63, 3.8) is 0 Å². The highest BCUT2D eigenvalue weighted by Gasteiger charge is 2.10. The van der Waals surface area contributed by atoms with Crippen molar-refractivity contribution < 1.29 is 14.3 Å². The molecule has 2 aromatic rings. The fourth-order valence-electron chi connectivity index (χ4n) is 2.23. The first-order chi connectivity index (χ1) is 12.4. The molecule has 0 unspecified atom stereocenters. The molecule has 0 atom stereocenters. The van der Waals surface area contributed by atoms with Gasteiger partial charge in [0.25, 0.3) is 0 Å². The number of halogens is 2. The third kappa shape index (κ3) is 5.68. The minimum atomic E-state index is -0.146. The van der Waals surface area contributed by atoms with Crippen molar-refractivity contribution >= 4 is 35.2 Å². The van der Waals surface area contributed by atoms with Gasteiger partial charge in [-0.05, 0) is 49.8 Å². The molecule has 26 heavy (non-hydrogen) atoms. The SMILES string of the molecule is COc1cc(/C=C/C(=O)NC(C)C)ccc1OCc1c(Cl)cccc1Cl. The van der Waals surface area contributed by atoms with Crippen LogP contribution in [0.25, 0.3) is 6.08 Å². The largest absolute Gasteiger partial charge is 0.493 e. The number of methoxy groups -OCH3 is 1. The maximum Gasteiger partial charge on any atom is 0.244 e. The van der Waals surface area contributed by atoms with E-state index >= 15 is 0 Å². The number of ether oxygens (including phenoxy) is 2. The molecule has 1 amide bonds. The lowest BCUT2D eigenvalue weighted by atomic mass is 10.2. The first-order valence-electron chi connectivity index (χ1n) is 8.13. The third-order valence-electron chi connectivity index (χ3n) is 3.48. The molecule has 4 nitrogen and oxygen atoms in total. The molecule has 6 heteroatoms. The van der Waals surface area contributed by atoms with Crippen molar-refractivity contribution in [1.82, 2.24) is 5.32 Å². The molecule has 0 aliphatic carbocycles. The molecule has 2 rings (SSSR count). The van der Waals surface area contributed by atoms with Crippen molar-refractivity contribution in [2.45, 2.75) is 26.5 Å². The quantitative estimate of drug-likeness (QED) is 0.664. The van der Waals surface area contributed by atoms with Crippen LogP contribution in [0, 0.1) is 0 Å². The zero-order valence-electron chi connectivity index (χ0n) is 14.9. The Morgan fingerprint density at radius 3 is 2.46 bits per heavy atom. The number of amides is 1. The summed E-state index contributed by atoms with van der Waals surface area (Å²) in [6.07, 6.45) is 3.20. The Bertz CT molecular complexity index is 783. The van der Waals surface area contributed by atoms with Gasteiger partial charge >= 0.3 is 0 Å². The smallest absolute Gasteiger partial charge is 0.244 e. The van der Waals surface area contributed by atoms with Crippen molar-refractivity contribution in [2.24, 2.45) is 0 Å². The van der Waals surface area contributed by atoms with Gasteiger partial charge in [-0.15, -0.1) is 0 Å². The van der Waals surface area contributed by atoms with E-state index in [1.807, 2.05) is 19.9 Å². The van der Waals surface area contributed by atoms with E-state index in [1.165, 1.54) is 6.08 Å². The van der Waals surface area contributed by atoms with Gasteiger partial charge < -0.3 is 14.8 Å². The van der Waals surface area contributed by atoms with Crippen LogP contribution >= 0.6 is 23.2 Å². The molecule has 2 aromatic carbocycles. The van der Waals surface area contributed by atoms with Gasteiger partial charge in [0.2, 0.25) is 5.91 Å². The zero-order valence-corrected chi connectivity index (χ0v) is 16.4. The Labute approximate surface area is 163 Å². The van der Waals surface area contributed by atoms with Crippen LogP contribution in [-0.4, -0.2) is 19.1 Å². The van der Waals surface area contributed by atoms with Crippen LogP contribution in [0.1, 0.15) is 25.0 Å². The highest BCUT2D eigenvalue weighted by Crippen LogP contribution is 2.31. The van der Waals surface area contributed by atoms with Crippen LogP contribution in [-0.2, 0) is 11.4 Å². The number of rotatable bonds is 7. The van der Waals surface area contributed by atoms with E-state index in [4.69, 9.17) is 32.7 Å². The second-order valence-electron chi connectivity index (χ2n) is 5.90.